The van der Waals surface area contributed by atoms with E-state index in [0.29, 0.717) is 22.0 Å². The van der Waals surface area contributed by atoms with Gasteiger partial charge in [-0.15, -0.1) is 0 Å². The van der Waals surface area contributed by atoms with Crippen LogP contribution in [0.25, 0.3) is 83.6 Å². The van der Waals surface area contributed by atoms with Crippen LogP contribution < -0.4 is 4.48 Å². The van der Waals surface area contributed by atoms with Crippen LogP contribution >= 0.6 is 0 Å². The summed E-state index contributed by atoms with van der Waals surface area (Å²) >= 11 is 0. The largest absolute Gasteiger partial charge is 0.309 e. The fourth-order valence-electron chi connectivity index (χ4n) is 9.56. The molecule has 0 bridgehead atoms. The van der Waals surface area contributed by atoms with E-state index in [-0.39, 0.29) is 0 Å². The van der Waals surface area contributed by atoms with E-state index in [9.17, 15) is 0 Å². The van der Waals surface area contributed by atoms with Crippen molar-refractivity contribution in [1.82, 2.24) is 24.0 Å². The molecule has 1 aliphatic rings. The summed E-state index contributed by atoms with van der Waals surface area (Å²) in [6.07, 6.45) is 0. The molecular weight excluding hydrogens is 731 g/mol. The number of rotatable bonds is 6. The van der Waals surface area contributed by atoms with E-state index in [1.54, 1.807) is 0 Å². The van der Waals surface area contributed by atoms with Gasteiger partial charge in [-0.05, 0) is 42.5 Å². The average Bonchev–Trinajstić information content (AvgIpc) is 3.85. The molecule has 11 aromatic rings. The van der Waals surface area contributed by atoms with Gasteiger partial charge in [0.15, 0.2) is 28.8 Å². The molecule has 3 heterocycles. The first-order valence-electron chi connectivity index (χ1n) is 20.4. The molecule has 0 atom stereocenters. The van der Waals surface area contributed by atoms with Gasteiger partial charge in [-0.25, -0.2) is 15.0 Å². The third kappa shape index (κ3) is 5.00. The molecule has 0 unspecified atom stereocenters. The van der Waals surface area contributed by atoms with Crippen molar-refractivity contribution in [3.8, 4) is 51.0 Å². The van der Waals surface area contributed by atoms with Gasteiger partial charge in [0.05, 0.1) is 22.2 Å². The Morgan fingerprint density at radius 1 is 0.367 bits per heavy atom. The minimum Gasteiger partial charge on any atom is -0.309 e. The second kappa shape index (κ2) is 13.6. The maximum Gasteiger partial charge on any atom is 0.165 e. The minimum atomic E-state index is 0.486. The summed E-state index contributed by atoms with van der Waals surface area (Å²) in [7, 11) is 0. The zero-order chi connectivity index (χ0) is 39.6. The molecule has 9 aromatic carbocycles. The number of quaternary nitrogens is 1. The zero-order valence-corrected chi connectivity index (χ0v) is 32.5. The van der Waals surface area contributed by atoms with E-state index in [2.05, 4.69) is 162 Å². The SMILES string of the molecule is c1ccc(-c2nc(-c3ccccc3)nc(-c3ccc(-n4c5ccccc5c5c6c(c7ccccc7c54)[N+](c4ccccc4)(c4ccccc4)c4ccccc4-6)cc3)n2)cc1. The highest BCUT2D eigenvalue weighted by Gasteiger charge is 2.50. The highest BCUT2D eigenvalue weighted by atomic mass is 15.4. The van der Waals surface area contributed by atoms with Crippen LogP contribution in [-0.2, 0) is 0 Å². The predicted octanol–water partition coefficient (Wildman–Crippen LogP) is 14.4. The lowest BCUT2D eigenvalue weighted by molar-refractivity contribution is 0.727. The fourth-order valence-corrected chi connectivity index (χ4v) is 9.56. The van der Waals surface area contributed by atoms with E-state index in [0.717, 1.165) is 27.9 Å². The molecule has 5 nitrogen and oxygen atoms in total. The second-order valence-electron chi connectivity index (χ2n) is 15.3. The molecule has 1 aliphatic heterocycles. The third-order valence-electron chi connectivity index (χ3n) is 12.0. The number of benzene rings is 9. The molecule has 0 saturated heterocycles. The van der Waals surface area contributed by atoms with Crippen molar-refractivity contribution >= 4 is 55.3 Å². The Morgan fingerprint density at radius 3 is 1.40 bits per heavy atom. The van der Waals surface area contributed by atoms with Crippen molar-refractivity contribution in [3.05, 3.63) is 218 Å². The molecule has 0 radical (unpaired) electrons. The van der Waals surface area contributed by atoms with Crippen LogP contribution in [-0.4, -0.2) is 19.5 Å². The fraction of sp³-hybridized carbons (Fsp3) is 0. The van der Waals surface area contributed by atoms with Crippen LogP contribution in [0, 0.1) is 0 Å². The van der Waals surface area contributed by atoms with Crippen molar-refractivity contribution in [2.24, 2.45) is 0 Å². The van der Waals surface area contributed by atoms with Gasteiger partial charge in [-0.2, -0.15) is 4.48 Å². The van der Waals surface area contributed by atoms with Gasteiger partial charge in [0.25, 0.3) is 0 Å². The average molecular weight is 767 g/mol. The molecule has 2 aromatic heterocycles. The topological polar surface area (TPSA) is 43.6 Å². The molecule has 0 amide bonds. The number of hydrogen-bond donors (Lipinski definition) is 0. The Labute approximate surface area is 347 Å². The summed E-state index contributed by atoms with van der Waals surface area (Å²) in [4.78, 5) is 15.0. The number of fused-ring (bicyclic) bond motifs is 10. The Morgan fingerprint density at radius 2 is 0.817 bits per heavy atom. The first kappa shape index (κ1) is 34.1. The van der Waals surface area contributed by atoms with Gasteiger partial charge in [0, 0.05) is 74.3 Å². The molecule has 0 spiro atoms. The smallest absolute Gasteiger partial charge is 0.165 e. The van der Waals surface area contributed by atoms with Crippen LogP contribution in [0.4, 0.5) is 22.7 Å². The zero-order valence-electron chi connectivity index (χ0n) is 32.5. The van der Waals surface area contributed by atoms with E-state index in [1.807, 2.05) is 60.7 Å². The molecule has 0 aliphatic carbocycles. The van der Waals surface area contributed by atoms with Crippen molar-refractivity contribution in [1.29, 1.82) is 0 Å². The lowest BCUT2D eigenvalue weighted by Gasteiger charge is -2.35. The minimum absolute atomic E-state index is 0.486. The summed E-state index contributed by atoms with van der Waals surface area (Å²) in [6, 6.07) is 77.8. The van der Waals surface area contributed by atoms with Crippen LogP contribution in [0.5, 0.6) is 0 Å². The van der Waals surface area contributed by atoms with Crippen molar-refractivity contribution < 1.29 is 0 Å². The quantitative estimate of drug-likeness (QED) is 0.158. The van der Waals surface area contributed by atoms with Gasteiger partial charge in [-0.1, -0.05) is 146 Å². The van der Waals surface area contributed by atoms with Crippen LogP contribution in [0.1, 0.15) is 0 Å². The lowest BCUT2D eigenvalue weighted by atomic mass is 9.94. The van der Waals surface area contributed by atoms with E-state index < -0.39 is 0 Å². The number of hydrogen-bond acceptors (Lipinski definition) is 3. The first-order chi connectivity index (χ1) is 29.8. The molecule has 60 heavy (non-hydrogen) atoms. The Balaban J connectivity index is 1.13. The van der Waals surface area contributed by atoms with E-state index >= 15 is 0 Å². The van der Waals surface area contributed by atoms with E-state index in [4.69, 9.17) is 15.0 Å². The van der Waals surface area contributed by atoms with Crippen molar-refractivity contribution in [2.75, 3.05) is 0 Å². The Kier molecular flexibility index (Phi) is 7.70. The normalized spacial score (nSPS) is 12.8. The third-order valence-corrected chi connectivity index (χ3v) is 12.0. The van der Waals surface area contributed by atoms with Gasteiger partial charge in [0.2, 0.25) is 0 Å². The molecule has 0 saturated carbocycles. The van der Waals surface area contributed by atoms with Crippen molar-refractivity contribution in [2.45, 2.75) is 0 Å². The molecule has 0 N–H and O–H groups in total. The molecular formula is C55H36N5+. The lowest BCUT2D eigenvalue weighted by Crippen LogP contribution is -2.31. The van der Waals surface area contributed by atoms with Gasteiger partial charge in [0.1, 0.15) is 11.4 Å². The standard InChI is InChI=1S/C55H36N5/c1-5-19-37(20-6-1)53-56-54(38-21-7-2-8-22-38)58-55(57-53)39-33-35-40(36-34-39)59-47-31-17-15-29-45(47)49-50-46-30-16-18-32-48(46)60(41-23-9-3-10-24-41,42-25-11-4-12-26-42)52(50)44-28-14-13-27-43(44)51(49)59/h1-36H/q+1. The van der Waals surface area contributed by atoms with Crippen LogP contribution in [0.15, 0.2) is 218 Å². The maximum absolute atomic E-state index is 5.03. The first-order valence-corrected chi connectivity index (χ1v) is 20.4. The Bertz CT molecular complexity index is 3300. The monoisotopic (exact) mass is 766 g/mol. The number of para-hydroxylation sites is 4. The summed E-state index contributed by atoms with van der Waals surface area (Å²) in [5, 5.41) is 4.88. The summed E-state index contributed by atoms with van der Waals surface area (Å²) in [5.74, 6) is 1.92. The highest BCUT2D eigenvalue weighted by Crippen LogP contribution is 2.66. The molecule has 12 rings (SSSR count). The molecule has 0 fully saturated rings. The summed E-state index contributed by atoms with van der Waals surface area (Å²) in [5.41, 5.74) is 13.6. The summed E-state index contributed by atoms with van der Waals surface area (Å²) < 4.78 is 2.94. The van der Waals surface area contributed by atoms with E-state index in [1.165, 1.54) is 60.9 Å². The predicted molar refractivity (Wildman–Crippen MR) is 247 cm³/mol. The number of nitrogens with zero attached hydrogens (tertiary/aromatic N) is 5. The van der Waals surface area contributed by atoms with Crippen LogP contribution in [0.3, 0.4) is 0 Å². The second-order valence-corrected chi connectivity index (χ2v) is 15.3. The maximum atomic E-state index is 5.03. The van der Waals surface area contributed by atoms with Crippen LogP contribution in [0.2, 0.25) is 0 Å². The number of aromatic nitrogens is 4. The van der Waals surface area contributed by atoms with Gasteiger partial charge < -0.3 is 4.57 Å². The van der Waals surface area contributed by atoms with Gasteiger partial charge >= 0.3 is 0 Å². The molecule has 280 valence electrons. The summed E-state index contributed by atoms with van der Waals surface area (Å²) in [6.45, 7) is 0. The van der Waals surface area contributed by atoms with Crippen molar-refractivity contribution in [3.63, 3.8) is 0 Å². The highest BCUT2D eigenvalue weighted by molar-refractivity contribution is 6.32. The van der Waals surface area contributed by atoms with Gasteiger partial charge in [-0.3, -0.25) is 0 Å². The molecule has 5 heteroatoms. The Hall–Kier alpha value is -7.99.